The van der Waals surface area contributed by atoms with E-state index in [1.54, 1.807) is 18.2 Å². The molecule has 0 unspecified atom stereocenters. The molecule has 0 aromatic heterocycles. The zero-order valence-corrected chi connectivity index (χ0v) is 17.9. The van der Waals surface area contributed by atoms with Gasteiger partial charge in [-0.3, -0.25) is 20.8 Å². The third kappa shape index (κ3) is 6.38. The number of guanidine groups is 1. The van der Waals surface area contributed by atoms with Gasteiger partial charge in [0.2, 0.25) is 11.9 Å². The van der Waals surface area contributed by atoms with Crippen LogP contribution in [-0.4, -0.2) is 24.1 Å². The Morgan fingerprint density at radius 3 is 2.46 bits per heavy atom. The van der Waals surface area contributed by atoms with Crippen molar-refractivity contribution in [1.29, 1.82) is 5.41 Å². The van der Waals surface area contributed by atoms with Gasteiger partial charge in [-0.05, 0) is 48.3 Å². The highest BCUT2D eigenvalue weighted by molar-refractivity contribution is 6.36. The van der Waals surface area contributed by atoms with Crippen LogP contribution in [0.25, 0.3) is 0 Å². The lowest BCUT2D eigenvalue weighted by Gasteiger charge is -2.36. The zero-order valence-electron chi connectivity index (χ0n) is 16.4. The summed E-state index contributed by atoms with van der Waals surface area (Å²) in [6.45, 7) is 6.39. The fourth-order valence-electron chi connectivity index (χ4n) is 3.60. The van der Waals surface area contributed by atoms with Gasteiger partial charge in [-0.25, -0.2) is 4.79 Å². The summed E-state index contributed by atoms with van der Waals surface area (Å²) in [5.41, 5.74) is 0.467. The number of carbonyl (C=O) groups is 2. The Morgan fingerprint density at radius 1 is 1.21 bits per heavy atom. The van der Waals surface area contributed by atoms with Gasteiger partial charge in [0.05, 0.1) is 6.42 Å². The molecule has 154 valence electrons. The van der Waals surface area contributed by atoms with Gasteiger partial charge >= 0.3 is 6.09 Å². The Labute approximate surface area is 175 Å². The van der Waals surface area contributed by atoms with E-state index in [9.17, 15) is 9.59 Å². The van der Waals surface area contributed by atoms with Crippen LogP contribution in [0.1, 0.15) is 45.6 Å². The van der Waals surface area contributed by atoms with Gasteiger partial charge in [0, 0.05) is 10.0 Å². The Morgan fingerprint density at radius 2 is 1.86 bits per heavy atom. The average molecular weight is 428 g/mol. The topological polar surface area (TPSA) is 91.3 Å². The summed E-state index contributed by atoms with van der Waals surface area (Å²) < 4.78 is 5.56. The van der Waals surface area contributed by atoms with Crippen molar-refractivity contribution in [3.05, 3.63) is 33.8 Å². The van der Waals surface area contributed by atoms with E-state index >= 15 is 0 Å². The first-order valence-corrected chi connectivity index (χ1v) is 10.2. The predicted octanol–water partition coefficient (Wildman–Crippen LogP) is 4.77. The molecule has 3 atom stereocenters. The Kier molecular flexibility index (Phi) is 8.13. The van der Waals surface area contributed by atoms with Crippen LogP contribution in [0.15, 0.2) is 18.2 Å². The highest BCUT2D eigenvalue weighted by Crippen LogP contribution is 2.35. The number of alkyl carbamates (subject to hydrolysis) is 1. The van der Waals surface area contributed by atoms with Crippen molar-refractivity contribution in [2.45, 2.75) is 52.6 Å². The van der Waals surface area contributed by atoms with Gasteiger partial charge in [-0.15, -0.1) is 0 Å². The fraction of sp³-hybridized carbons (Fsp3) is 0.550. The average Bonchev–Trinajstić information content (AvgIpc) is 2.57. The summed E-state index contributed by atoms with van der Waals surface area (Å²) in [5, 5.41) is 13.1. The molecule has 0 spiro atoms. The minimum atomic E-state index is -0.731. The summed E-state index contributed by atoms with van der Waals surface area (Å²) >= 11 is 12.1. The van der Waals surface area contributed by atoms with Crippen LogP contribution in [0.2, 0.25) is 10.0 Å². The number of rotatable bonds is 4. The molecule has 0 bridgehead atoms. The second-order valence-electron chi connectivity index (χ2n) is 7.70. The van der Waals surface area contributed by atoms with E-state index in [0.717, 1.165) is 19.3 Å². The number of carbonyl (C=O) groups excluding carboxylic acids is 2. The Hall–Kier alpha value is -1.79. The largest absolute Gasteiger partial charge is 0.446 e. The number of hydrogen-bond donors (Lipinski definition) is 3. The van der Waals surface area contributed by atoms with E-state index in [4.69, 9.17) is 33.3 Å². The second kappa shape index (κ2) is 10.1. The van der Waals surface area contributed by atoms with Gasteiger partial charge in [0.1, 0.15) is 6.10 Å². The number of halogens is 2. The molecule has 1 saturated carbocycles. The van der Waals surface area contributed by atoms with E-state index in [2.05, 4.69) is 31.4 Å². The quantitative estimate of drug-likeness (QED) is 0.476. The molecule has 8 heteroatoms. The molecule has 6 nitrogen and oxygen atoms in total. The maximum Gasteiger partial charge on any atom is 0.414 e. The van der Waals surface area contributed by atoms with Crippen molar-refractivity contribution in [3.63, 3.8) is 0 Å². The first-order valence-electron chi connectivity index (χ1n) is 9.46. The van der Waals surface area contributed by atoms with E-state index in [1.165, 1.54) is 0 Å². The first kappa shape index (κ1) is 22.5. The molecule has 28 heavy (non-hydrogen) atoms. The molecule has 2 amide bonds. The second-order valence-corrected chi connectivity index (χ2v) is 8.51. The smallest absolute Gasteiger partial charge is 0.414 e. The number of nitrogens with one attached hydrogen (secondary N) is 3. The third-order valence-electron chi connectivity index (χ3n) is 5.11. The molecule has 3 N–H and O–H groups in total. The molecular weight excluding hydrogens is 401 g/mol. The fourth-order valence-corrected chi connectivity index (χ4v) is 4.13. The molecule has 0 radical (unpaired) electrons. The highest BCUT2D eigenvalue weighted by Gasteiger charge is 2.33. The van der Waals surface area contributed by atoms with Crippen LogP contribution in [0, 0.1) is 23.2 Å². The molecule has 1 aliphatic rings. The lowest BCUT2D eigenvalue weighted by molar-refractivity contribution is -0.119. The minimum absolute atomic E-state index is 0.104. The van der Waals surface area contributed by atoms with Crippen molar-refractivity contribution >= 4 is 41.2 Å². The summed E-state index contributed by atoms with van der Waals surface area (Å²) in [6.07, 6.45) is 1.93. The van der Waals surface area contributed by atoms with Crippen molar-refractivity contribution in [2.75, 3.05) is 0 Å². The van der Waals surface area contributed by atoms with Gasteiger partial charge in [-0.1, -0.05) is 56.5 Å². The van der Waals surface area contributed by atoms with Gasteiger partial charge < -0.3 is 4.74 Å². The molecule has 0 aliphatic heterocycles. The van der Waals surface area contributed by atoms with Crippen molar-refractivity contribution in [3.8, 4) is 0 Å². The summed E-state index contributed by atoms with van der Waals surface area (Å²) in [7, 11) is 0. The molecule has 1 aliphatic carbocycles. The monoisotopic (exact) mass is 427 g/mol. The molecule has 0 heterocycles. The van der Waals surface area contributed by atoms with Gasteiger partial charge in [0.25, 0.3) is 0 Å². The first-order chi connectivity index (χ1) is 13.2. The van der Waals surface area contributed by atoms with Crippen molar-refractivity contribution in [1.82, 2.24) is 10.6 Å². The van der Waals surface area contributed by atoms with E-state index < -0.39 is 18.0 Å². The van der Waals surface area contributed by atoms with Crippen LogP contribution < -0.4 is 10.6 Å². The summed E-state index contributed by atoms with van der Waals surface area (Å²) in [5.74, 6) is 0.250. The number of ether oxygens (including phenoxy) is 1. The number of amides is 2. The normalized spacial score (nSPS) is 21.9. The Balaban J connectivity index is 1.86. The van der Waals surface area contributed by atoms with Gasteiger partial charge in [-0.2, -0.15) is 0 Å². The highest BCUT2D eigenvalue weighted by atomic mass is 35.5. The molecular formula is C20H27Cl2N3O3. The molecule has 1 fully saturated rings. The van der Waals surface area contributed by atoms with E-state index in [0.29, 0.717) is 33.4 Å². The number of benzene rings is 1. The zero-order chi connectivity index (χ0) is 20.8. The minimum Gasteiger partial charge on any atom is -0.446 e. The maximum absolute atomic E-state index is 12.2. The van der Waals surface area contributed by atoms with Crippen LogP contribution in [0.4, 0.5) is 4.79 Å². The van der Waals surface area contributed by atoms with Gasteiger partial charge in [0.15, 0.2) is 0 Å². The molecule has 1 aromatic rings. The van der Waals surface area contributed by atoms with Crippen LogP contribution >= 0.6 is 23.2 Å². The summed E-state index contributed by atoms with van der Waals surface area (Å²) in [6, 6.07) is 4.95. The standard InChI is InChI=1S/C20H27Cl2N3O3/c1-11(2)13-8-7-12(3)9-17(13)28-20(27)25-19(23)24-18(26)10-14-15(21)5-4-6-16(14)22/h4-6,11-13,17H,7-10H2,1-3H3,(H3,23,24,25,26,27)/t12-,13+,17-/m1/s1. The molecule has 2 rings (SSSR count). The maximum atomic E-state index is 12.2. The third-order valence-corrected chi connectivity index (χ3v) is 5.82. The SMILES string of the molecule is CC(C)[C@@H]1CC[C@@H](C)C[C@H]1OC(=O)NC(=N)NC(=O)Cc1c(Cl)cccc1Cl. The Bertz CT molecular complexity index is 719. The van der Waals surface area contributed by atoms with E-state index in [1.807, 2.05) is 0 Å². The summed E-state index contributed by atoms with van der Waals surface area (Å²) in [4.78, 5) is 24.3. The van der Waals surface area contributed by atoms with Crippen LogP contribution in [0.3, 0.4) is 0 Å². The molecule has 0 saturated heterocycles. The molecule has 1 aromatic carbocycles. The van der Waals surface area contributed by atoms with E-state index in [-0.39, 0.29) is 12.5 Å². The lowest BCUT2D eigenvalue weighted by atomic mass is 9.75. The van der Waals surface area contributed by atoms with Crippen molar-refractivity contribution < 1.29 is 14.3 Å². The predicted molar refractivity (Wildman–Crippen MR) is 111 cm³/mol. The number of hydrogen-bond acceptors (Lipinski definition) is 4. The van der Waals surface area contributed by atoms with Crippen LogP contribution in [0.5, 0.6) is 0 Å². The van der Waals surface area contributed by atoms with Crippen molar-refractivity contribution in [2.24, 2.45) is 17.8 Å². The van der Waals surface area contributed by atoms with Crippen LogP contribution in [-0.2, 0) is 16.0 Å². The lowest BCUT2D eigenvalue weighted by Crippen LogP contribution is -2.46.